The van der Waals surface area contributed by atoms with Crippen LogP contribution in [0.3, 0.4) is 0 Å². The van der Waals surface area contributed by atoms with Crippen LogP contribution in [-0.2, 0) is 6.54 Å². The summed E-state index contributed by atoms with van der Waals surface area (Å²) in [5, 5.41) is 16.4. The van der Waals surface area contributed by atoms with Gasteiger partial charge >= 0.3 is 0 Å². The summed E-state index contributed by atoms with van der Waals surface area (Å²) in [4.78, 5) is 9.97. The average molecular weight is 405 g/mol. The quantitative estimate of drug-likeness (QED) is 0.376. The number of nitrogens with one attached hydrogen (secondary N) is 2. The molecule has 0 bridgehead atoms. The van der Waals surface area contributed by atoms with Crippen molar-refractivity contribution < 1.29 is 5.11 Å². The highest BCUT2D eigenvalue weighted by molar-refractivity contribution is 7.22. The molecule has 0 atom stereocenters. The lowest BCUT2D eigenvalue weighted by atomic mass is 10.1. The number of fused-ring (bicyclic) bond motifs is 1. The normalized spacial score (nSPS) is 11.3. The van der Waals surface area contributed by atoms with Crippen LogP contribution < -0.4 is 10.6 Å². The zero-order valence-electron chi connectivity index (χ0n) is 16.5. The van der Waals surface area contributed by atoms with Gasteiger partial charge in [0.1, 0.15) is 12.1 Å². The Labute approximate surface area is 174 Å². The summed E-state index contributed by atoms with van der Waals surface area (Å²) in [5.74, 6) is 1.61. The van der Waals surface area contributed by atoms with E-state index in [1.54, 1.807) is 35.9 Å². The molecule has 5 nitrogen and oxygen atoms in total. The molecule has 0 saturated heterocycles. The topological polar surface area (TPSA) is 70.1 Å². The standard InChI is InChI=1S/C23H24N4OS/c1-15(2)12-24-13-16-6-8-17(9-7-16)21-11-20-22(29-21)23(26-14-25-20)27-18-4-3-5-19(28)10-18/h3-11,14-15,24,28H,12-13H2,1-2H3,(H,25,26,27). The average Bonchev–Trinajstić information content (AvgIpc) is 3.14. The number of thiophene rings is 1. The highest BCUT2D eigenvalue weighted by atomic mass is 32.1. The minimum Gasteiger partial charge on any atom is -0.508 e. The maximum absolute atomic E-state index is 9.69. The first-order valence-electron chi connectivity index (χ1n) is 9.69. The van der Waals surface area contributed by atoms with E-state index in [2.05, 4.69) is 64.8 Å². The molecule has 6 heteroatoms. The number of aromatic hydroxyl groups is 1. The molecule has 148 valence electrons. The van der Waals surface area contributed by atoms with Gasteiger partial charge in [-0.1, -0.05) is 44.2 Å². The van der Waals surface area contributed by atoms with Crippen molar-refractivity contribution in [2.75, 3.05) is 11.9 Å². The van der Waals surface area contributed by atoms with Gasteiger partial charge in [-0.25, -0.2) is 9.97 Å². The van der Waals surface area contributed by atoms with Crippen LogP contribution in [0.25, 0.3) is 20.7 Å². The fourth-order valence-corrected chi connectivity index (χ4v) is 4.16. The zero-order chi connectivity index (χ0) is 20.2. The van der Waals surface area contributed by atoms with E-state index in [0.29, 0.717) is 5.92 Å². The van der Waals surface area contributed by atoms with Gasteiger partial charge in [-0.2, -0.15) is 0 Å². The first kappa shape index (κ1) is 19.4. The molecule has 0 aliphatic carbocycles. The predicted molar refractivity (Wildman–Crippen MR) is 121 cm³/mol. The minimum atomic E-state index is 0.218. The molecule has 2 aromatic heterocycles. The Kier molecular flexibility index (Phi) is 5.74. The van der Waals surface area contributed by atoms with Gasteiger partial charge in [0.15, 0.2) is 5.82 Å². The highest BCUT2D eigenvalue weighted by Gasteiger charge is 2.11. The van der Waals surface area contributed by atoms with Crippen molar-refractivity contribution in [1.29, 1.82) is 0 Å². The van der Waals surface area contributed by atoms with Gasteiger partial charge in [0.25, 0.3) is 0 Å². The minimum absolute atomic E-state index is 0.218. The molecule has 0 radical (unpaired) electrons. The Morgan fingerprint density at radius 1 is 1.03 bits per heavy atom. The molecule has 3 N–H and O–H groups in total. The van der Waals surface area contributed by atoms with E-state index >= 15 is 0 Å². The van der Waals surface area contributed by atoms with Crippen LogP contribution in [0.1, 0.15) is 19.4 Å². The Morgan fingerprint density at radius 3 is 2.62 bits per heavy atom. The lowest BCUT2D eigenvalue weighted by Gasteiger charge is -2.07. The maximum Gasteiger partial charge on any atom is 0.151 e. The summed E-state index contributed by atoms with van der Waals surface area (Å²) in [6, 6.07) is 17.8. The third-order valence-corrected chi connectivity index (χ3v) is 5.72. The molecule has 2 heterocycles. The van der Waals surface area contributed by atoms with Crippen LogP contribution >= 0.6 is 11.3 Å². The summed E-state index contributed by atoms with van der Waals surface area (Å²) in [6.07, 6.45) is 1.56. The van der Waals surface area contributed by atoms with Crippen molar-refractivity contribution in [2.24, 2.45) is 5.92 Å². The van der Waals surface area contributed by atoms with E-state index < -0.39 is 0 Å². The summed E-state index contributed by atoms with van der Waals surface area (Å²) < 4.78 is 0.994. The number of benzene rings is 2. The highest BCUT2D eigenvalue weighted by Crippen LogP contribution is 2.36. The fraction of sp³-hybridized carbons (Fsp3) is 0.217. The number of rotatable bonds is 7. The Balaban J connectivity index is 1.56. The number of nitrogens with zero attached hydrogens (tertiary/aromatic N) is 2. The molecule has 0 aliphatic heterocycles. The van der Waals surface area contributed by atoms with Gasteiger partial charge in [0.2, 0.25) is 0 Å². The second kappa shape index (κ2) is 8.59. The number of phenols is 1. The monoisotopic (exact) mass is 404 g/mol. The number of phenolic OH excluding ortho intramolecular Hbond substituents is 1. The molecule has 0 spiro atoms. The number of aromatic nitrogens is 2. The molecule has 29 heavy (non-hydrogen) atoms. The van der Waals surface area contributed by atoms with E-state index in [-0.39, 0.29) is 5.75 Å². The molecule has 2 aromatic carbocycles. The smallest absolute Gasteiger partial charge is 0.151 e. The Hall–Kier alpha value is -2.96. The van der Waals surface area contributed by atoms with Crippen LogP contribution in [0.2, 0.25) is 0 Å². The Morgan fingerprint density at radius 2 is 1.86 bits per heavy atom. The van der Waals surface area contributed by atoms with Gasteiger partial charge in [-0.05, 0) is 41.8 Å². The van der Waals surface area contributed by atoms with Crippen molar-refractivity contribution in [3.63, 3.8) is 0 Å². The number of anilines is 2. The predicted octanol–water partition coefficient (Wildman–Crippen LogP) is 5.55. The lowest BCUT2D eigenvalue weighted by Crippen LogP contribution is -2.18. The SMILES string of the molecule is CC(C)CNCc1ccc(-c2cc3ncnc(Nc4cccc(O)c4)c3s2)cc1. The van der Waals surface area contributed by atoms with E-state index in [9.17, 15) is 5.11 Å². The van der Waals surface area contributed by atoms with E-state index in [0.717, 1.165) is 39.7 Å². The van der Waals surface area contributed by atoms with Gasteiger partial charge in [-0.3, -0.25) is 0 Å². The third kappa shape index (κ3) is 4.72. The van der Waals surface area contributed by atoms with Crippen LogP contribution in [0.5, 0.6) is 5.75 Å². The second-order valence-electron chi connectivity index (χ2n) is 7.44. The molecule has 0 aliphatic rings. The number of hydrogen-bond acceptors (Lipinski definition) is 6. The van der Waals surface area contributed by atoms with Crippen molar-refractivity contribution in [2.45, 2.75) is 20.4 Å². The molecule has 0 unspecified atom stereocenters. The van der Waals surface area contributed by atoms with Gasteiger partial charge in [-0.15, -0.1) is 11.3 Å². The first-order chi connectivity index (χ1) is 14.1. The molecule has 4 rings (SSSR count). The summed E-state index contributed by atoms with van der Waals surface area (Å²) in [6.45, 7) is 6.33. The van der Waals surface area contributed by atoms with Crippen LogP contribution in [0.4, 0.5) is 11.5 Å². The molecule has 0 amide bonds. The van der Waals surface area contributed by atoms with E-state index in [1.165, 1.54) is 11.1 Å². The van der Waals surface area contributed by atoms with Crippen LogP contribution in [0, 0.1) is 5.92 Å². The zero-order valence-corrected chi connectivity index (χ0v) is 17.3. The van der Waals surface area contributed by atoms with Crippen molar-refractivity contribution >= 4 is 33.1 Å². The maximum atomic E-state index is 9.69. The lowest BCUT2D eigenvalue weighted by molar-refractivity contribution is 0.475. The molecule has 0 fully saturated rings. The van der Waals surface area contributed by atoms with Gasteiger partial charge in [0, 0.05) is 23.2 Å². The second-order valence-corrected chi connectivity index (χ2v) is 8.50. The summed E-state index contributed by atoms with van der Waals surface area (Å²) >= 11 is 1.66. The fourth-order valence-electron chi connectivity index (χ4n) is 3.10. The van der Waals surface area contributed by atoms with Crippen LogP contribution in [0.15, 0.2) is 60.9 Å². The largest absolute Gasteiger partial charge is 0.508 e. The number of hydrogen-bond donors (Lipinski definition) is 3. The third-order valence-electron chi connectivity index (χ3n) is 4.54. The summed E-state index contributed by atoms with van der Waals surface area (Å²) in [7, 11) is 0. The van der Waals surface area contributed by atoms with Crippen molar-refractivity contribution in [3.05, 3.63) is 66.5 Å². The summed E-state index contributed by atoms with van der Waals surface area (Å²) in [5.41, 5.74) is 4.15. The van der Waals surface area contributed by atoms with Crippen molar-refractivity contribution in [1.82, 2.24) is 15.3 Å². The van der Waals surface area contributed by atoms with Gasteiger partial charge < -0.3 is 15.7 Å². The molecular formula is C23H24N4OS. The molecule has 4 aromatic rings. The van der Waals surface area contributed by atoms with Crippen molar-refractivity contribution in [3.8, 4) is 16.2 Å². The Bertz CT molecular complexity index is 1110. The van der Waals surface area contributed by atoms with Gasteiger partial charge in [0.05, 0.1) is 10.2 Å². The van der Waals surface area contributed by atoms with E-state index in [4.69, 9.17) is 0 Å². The van der Waals surface area contributed by atoms with Crippen LogP contribution in [-0.4, -0.2) is 21.6 Å². The molecular weight excluding hydrogens is 380 g/mol. The first-order valence-corrected chi connectivity index (χ1v) is 10.5. The van der Waals surface area contributed by atoms with E-state index in [1.807, 2.05) is 6.07 Å². The molecule has 0 saturated carbocycles.